The van der Waals surface area contributed by atoms with Crippen molar-refractivity contribution in [1.82, 2.24) is 93.0 Å². The molecule has 0 saturated carbocycles. The predicted octanol–water partition coefficient (Wildman–Crippen LogP) is -3.61. The van der Waals surface area contributed by atoms with Crippen LogP contribution in [-0.2, 0) is 107 Å². The van der Waals surface area contributed by atoms with E-state index in [2.05, 4.69) is 73.4 Å². The van der Waals surface area contributed by atoms with Crippen LogP contribution in [0.2, 0.25) is 0 Å². The van der Waals surface area contributed by atoms with Crippen molar-refractivity contribution >= 4 is 150 Å². The zero-order valence-corrected chi connectivity index (χ0v) is 75.3. The highest BCUT2D eigenvalue weighted by Gasteiger charge is 2.45. The van der Waals surface area contributed by atoms with Crippen LogP contribution in [0, 0.1) is 5.41 Å². The topological polar surface area (TPSA) is 674 Å². The molecule has 13 atom stereocenters. The molecule has 2 aliphatic rings. The number of para-hydroxylation sites is 1. The van der Waals surface area contributed by atoms with Gasteiger partial charge in [-0.1, -0.05) is 88.1 Å². The summed E-state index contributed by atoms with van der Waals surface area (Å²) in [5, 5.41) is 60.7. The molecule has 131 heavy (non-hydrogen) atoms. The lowest BCUT2D eigenvalue weighted by Gasteiger charge is -2.36. The number of rotatable bonds is 52. The van der Waals surface area contributed by atoms with E-state index in [0.29, 0.717) is 70.8 Å². The van der Waals surface area contributed by atoms with Gasteiger partial charge < -0.3 is 127 Å². The molecule has 43 nitrogen and oxygen atoms in total. The van der Waals surface area contributed by atoms with Crippen LogP contribution in [0.1, 0.15) is 126 Å². The number of hydrogen-bond donors (Lipinski definition) is 21. The number of aliphatic hydroxyl groups is 1. The predicted molar refractivity (Wildman–Crippen MR) is 484 cm³/mol. The largest absolute Gasteiger partial charge is 0.508 e. The third kappa shape index (κ3) is 30.1. The SMILES string of the molecule is CCCC[C@@H](C(=O)N(C)[C@@H](CCCC)C(=O)N[C@@H](CCCNC(=N)N)C(=O)NC(CSCC(=O)N[C@@H](Cc1ccc(O)cc1)C(=O)NC)C(=O)NCC(N)=O)N(C)C(=O)[C@H](Cc1csc2ccccc12)NC(=O)[C@H](CO)NC(=O)[C@H](Cc1c[nH]c2ccccc12)NC(=O)[C@@H]1CCCN1C(=O)[C@H](CC(N)=O)NC(=O)[C@H](Cc1cnc[nH]1)NC(=O)[C@@H]1CCCN1C(=O)[C@@H](N)CC(N)=O. The number of aromatic nitrogens is 3. The number of imidazole rings is 1. The van der Waals surface area contributed by atoms with Crippen LogP contribution in [0.5, 0.6) is 5.75 Å². The summed E-state index contributed by atoms with van der Waals surface area (Å²) in [6.07, 6.45) is 4.56. The molecule has 0 aliphatic carbocycles. The number of likely N-dealkylation sites (tertiary alicyclic amines) is 2. The standard InChI is InChI=1S/C86H120N24O19S2/c1-6-8-21-64(79(123)100-56(20-14-30-95-86(91)92)75(119)106-63(74(118)97-41-71(90)115)44-130-45-72(116)99-57(73(117)93-3)33-47-26-28-51(112)29-27-47)107(4)85(129)67(22-9-7-2)108(5)83(127)60(35-49-43-131-68-25-13-11-18-53(49)68)103-78(122)62(42-111)105-76(120)58(34-48-39-96-55-19-12-10-17-52(48)55)101-81(125)66-24-16-32-110(66)84(128)61(38-70(89)114)104-77(121)59(36-50-40-94-46-98-50)102-80(124)65-23-15-31-109(65)82(126)54(87)37-69(88)113/h10-13,17-19,25-29,39-40,43,46,54,56-67,96,111-112H,6-9,14-16,20-24,30-38,41-42,44-45,87H2,1-5H3,(H2,88,113)(H2,89,114)(H2,90,115)(H,93,117)(H,94,98)(H,97,118)(H,99,116)(H,100,123)(H,101,125)(H,102,124)(H,103,122)(H,104,121)(H,105,120)(H,106,119)(H4,91,92,95)/t54-,56-,57-,58-,59-,60-,61-,62-,63?,64-,65-,66-,67-/m0/s1. The van der Waals surface area contributed by atoms with Gasteiger partial charge in [-0.2, -0.15) is 0 Å². The fourth-order valence-corrected chi connectivity index (χ4v) is 17.4. The van der Waals surface area contributed by atoms with Crippen molar-refractivity contribution in [2.75, 3.05) is 65.4 Å². The van der Waals surface area contributed by atoms with Crippen molar-refractivity contribution in [2.24, 2.45) is 28.7 Å². The van der Waals surface area contributed by atoms with E-state index in [1.807, 2.05) is 32.0 Å². The van der Waals surface area contributed by atoms with Crippen LogP contribution >= 0.6 is 23.1 Å². The summed E-state index contributed by atoms with van der Waals surface area (Å²) >= 11 is 2.22. The summed E-state index contributed by atoms with van der Waals surface area (Å²) in [4.78, 5) is 255. The Morgan fingerprint density at radius 2 is 1.12 bits per heavy atom. The number of nitrogens with zero attached hydrogens (tertiary/aromatic N) is 5. The molecule has 45 heteroatoms. The molecule has 2 saturated heterocycles. The molecule has 26 N–H and O–H groups in total. The van der Waals surface area contributed by atoms with Gasteiger partial charge in [-0.05, 0) is 103 Å². The summed E-state index contributed by atoms with van der Waals surface area (Å²) in [5.41, 5.74) is 30.6. The van der Waals surface area contributed by atoms with Gasteiger partial charge in [0.25, 0.3) is 0 Å². The molecule has 0 radical (unpaired) electrons. The summed E-state index contributed by atoms with van der Waals surface area (Å²) in [6, 6.07) is 1.28. The first-order chi connectivity index (χ1) is 62.5. The van der Waals surface area contributed by atoms with E-state index in [4.69, 9.17) is 34.1 Å². The monoisotopic (exact) mass is 1860 g/mol. The normalized spacial score (nSPS) is 16.1. The number of H-pyrrole nitrogens is 2. The number of carbonyl (C=O) groups is 17. The van der Waals surface area contributed by atoms with Crippen molar-refractivity contribution in [3.63, 3.8) is 0 Å². The van der Waals surface area contributed by atoms with Crippen LogP contribution in [0.15, 0.2) is 96.9 Å². The van der Waals surface area contributed by atoms with Gasteiger partial charge in [0.15, 0.2) is 5.96 Å². The first-order valence-electron chi connectivity index (χ1n) is 43.2. The molecule has 2 fully saturated rings. The number of aliphatic hydroxyl groups excluding tert-OH is 1. The molecule has 5 heterocycles. The van der Waals surface area contributed by atoms with E-state index in [1.54, 1.807) is 54.0 Å². The summed E-state index contributed by atoms with van der Waals surface area (Å²) in [5.74, 6) is -15.8. The smallest absolute Gasteiger partial charge is 0.246 e. The molecule has 0 spiro atoms. The van der Waals surface area contributed by atoms with Crippen LogP contribution < -0.4 is 87.2 Å². The second-order valence-electron chi connectivity index (χ2n) is 32.2. The van der Waals surface area contributed by atoms with Crippen LogP contribution in [-0.4, -0.2) is 295 Å². The number of primary amides is 3. The van der Waals surface area contributed by atoms with Crippen LogP contribution in [0.3, 0.4) is 0 Å². The summed E-state index contributed by atoms with van der Waals surface area (Å²) in [7, 11) is 4.09. The van der Waals surface area contributed by atoms with Gasteiger partial charge in [0.1, 0.15) is 78.3 Å². The lowest BCUT2D eigenvalue weighted by atomic mass is 10.00. The number of thioether (sulfide) groups is 1. The van der Waals surface area contributed by atoms with E-state index in [0.717, 1.165) is 31.2 Å². The van der Waals surface area contributed by atoms with Crippen molar-refractivity contribution in [1.29, 1.82) is 5.41 Å². The van der Waals surface area contributed by atoms with E-state index in [9.17, 15) is 63.0 Å². The lowest BCUT2D eigenvalue weighted by Crippen LogP contribution is -2.62. The Labute approximate surface area is 763 Å². The van der Waals surface area contributed by atoms with E-state index in [-0.39, 0.29) is 108 Å². The second kappa shape index (κ2) is 50.6. The molecule has 3 aromatic carbocycles. The number of carbonyl (C=O) groups excluding carboxylic acids is 17. The number of fused-ring (bicyclic) bond motifs is 2. The number of likely N-dealkylation sites (N-methyl/N-ethyl adjacent to an activating group) is 3. The Balaban J connectivity index is 1.02. The Morgan fingerprint density at radius 1 is 0.565 bits per heavy atom. The number of amides is 17. The summed E-state index contributed by atoms with van der Waals surface area (Å²) < 4.78 is 0.811. The first-order valence-corrected chi connectivity index (χ1v) is 45.3. The molecule has 0 bridgehead atoms. The van der Waals surface area contributed by atoms with Gasteiger partial charge in [0.2, 0.25) is 100 Å². The van der Waals surface area contributed by atoms with Crippen molar-refractivity contribution in [2.45, 2.75) is 208 Å². The van der Waals surface area contributed by atoms with Gasteiger partial charge in [-0.25, -0.2) is 4.98 Å². The van der Waals surface area contributed by atoms with E-state index in [1.165, 1.54) is 62.0 Å². The third-order valence-corrected chi connectivity index (χ3v) is 24.6. The Bertz CT molecular complexity index is 5030. The van der Waals surface area contributed by atoms with Crippen molar-refractivity contribution in [3.8, 4) is 5.75 Å². The minimum atomic E-state index is -1.87. The lowest BCUT2D eigenvalue weighted by molar-refractivity contribution is -0.149. The molecular weight excluding hydrogens is 1740 g/mol. The summed E-state index contributed by atoms with van der Waals surface area (Å²) in [6.45, 7) is 1.94. The molecule has 1 unspecified atom stereocenters. The molecule has 6 aromatic rings. The van der Waals surface area contributed by atoms with Gasteiger partial charge >= 0.3 is 0 Å². The maximum absolute atomic E-state index is 15.7. The average molecular weight is 1860 g/mol. The Morgan fingerprint density at radius 3 is 1.73 bits per heavy atom. The van der Waals surface area contributed by atoms with Crippen molar-refractivity contribution in [3.05, 3.63) is 119 Å². The maximum Gasteiger partial charge on any atom is 0.246 e. The van der Waals surface area contributed by atoms with Gasteiger partial charge in [-0.15, -0.1) is 23.1 Å². The van der Waals surface area contributed by atoms with Gasteiger partial charge in [0.05, 0.1) is 44.1 Å². The number of aromatic amines is 2. The molecule has 3 aromatic heterocycles. The second-order valence-corrected chi connectivity index (χ2v) is 34.2. The number of benzene rings is 3. The molecule has 2 aliphatic heterocycles. The quantitative estimate of drug-likeness (QED) is 0.00996. The number of unbranched alkanes of at least 4 members (excludes halogenated alkanes) is 2. The first kappa shape index (κ1) is 103. The number of aromatic hydroxyl groups is 1. The highest BCUT2D eigenvalue weighted by molar-refractivity contribution is 8.00. The van der Waals surface area contributed by atoms with Crippen LogP contribution in [0.25, 0.3) is 21.0 Å². The number of guanidine groups is 1. The zero-order chi connectivity index (χ0) is 95.7. The number of hydrogen-bond acceptors (Lipinski definition) is 24. The highest BCUT2D eigenvalue weighted by atomic mass is 32.2. The fraction of sp³-hybridized carbons (Fsp3) is 0.500. The minimum Gasteiger partial charge on any atom is -0.508 e. The van der Waals surface area contributed by atoms with Gasteiger partial charge in [0, 0.05) is 106 Å². The fourth-order valence-electron chi connectivity index (χ4n) is 15.6. The minimum absolute atomic E-state index is 0.00428. The van der Waals surface area contributed by atoms with E-state index < -0.39 is 211 Å². The Hall–Kier alpha value is -13.3. The molecule has 8 rings (SSSR count). The highest BCUT2D eigenvalue weighted by Crippen LogP contribution is 2.29. The number of phenolic OH excluding ortho intramolecular Hbond substituents is 1. The maximum atomic E-state index is 15.7. The number of phenols is 1. The van der Waals surface area contributed by atoms with Crippen molar-refractivity contribution < 1.29 is 91.7 Å². The zero-order valence-electron chi connectivity index (χ0n) is 73.7. The van der Waals surface area contributed by atoms with E-state index >= 15 is 28.8 Å². The average Bonchev–Trinajstić information content (AvgIpc) is 1.71. The number of nitrogens with two attached hydrogens (primary N) is 5. The number of nitrogens with one attached hydrogen (secondary N) is 14. The molecular formula is C86H120N24O19S2. The molecule has 17 amide bonds. The molecule has 710 valence electrons. The Kier molecular flexibility index (Phi) is 39.8. The number of thiophene rings is 1. The van der Waals surface area contributed by atoms with Crippen LogP contribution in [0.4, 0.5) is 0 Å². The third-order valence-electron chi connectivity index (χ3n) is 22.6. The van der Waals surface area contributed by atoms with Gasteiger partial charge in [-0.3, -0.25) is 86.9 Å².